The van der Waals surface area contributed by atoms with Gasteiger partial charge in [0.1, 0.15) is 5.82 Å². The third-order valence-electron chi connectivity index (χ3n) is 5.00. The van der Waals surface area contributed by atoms with E-state index in [0.29, 0.717) is 5.56 Å². The first-order chi connectivity index (χ1) is 13.7. The molecule has 0 unspecified atom stereocenters. The molecule has 7 heteroatoms. The second-order valence-electron chi connectivity index (χ2n) is 6.87. The molecule has 0 atom stereocenters. The third kappa shape index (κ3) is 3.70. The molecule has 28 heavy (non-hydrogen) atoms. The number of anilines is 2. The Morgan fingerprint density at radius 3 is 2.46 bits per heavy atom. The van der Waals surface area contributed by atoms with Crippen LogP contribution in [0.3, 0.4) is 0 Å². The quantitative estimate of drug-likeness (QED) is 0.706. The largest absolute Gasteiger partial charge is 0.373 e. The van der Waals surface area contributed by atoms with Crippen molar-refractivity contribution in [3.63, 3.8) is 0 Å². The van der Waals surface area contributed by atoms with Gasteiger partial charge in [-0.05, 0) is 37.1 Å². The van der Waals surface area contributed by atoms with Gasteiger partial charge in [0, 0.05) is 43.5 Å². The zero-order valence-electron chi connectivity index (χ0n) is 15.7. The zero-order valence-corrected chi connectivity index (χ0v) is 16.5. The number of nitrogens with one attached hydrogen (secondary N) is 1. The summed E-state index contributed by atoms with van der Waals surface area (Å²) in [7, 11) is 1.86. The van der Waals surface area contributed by atoms with Crippen molar-refractivity contribution in [2.24, 2.45) is 5.73 Å². The molecule has 0 bridgehead atoms. The molecule has 1 fully saturated rings. The fraction of sp³-hybridized carbons (Fsp3) is 0.286. The predicted octanol–water partition coefficient (Wildman–Crippen LogP) is 3.71. The lowest BCUT2D eigenvalue weighted by molar-refractivity contribution is 0.501. The maximum atomic E-state index is 9.08. The molecule has 3 N–H and O–H groups in total. The summed E-state index contributed by atoms with van der Waals surface area (Å²) < 4.78 is 0. The van der Waals surface area contributed by atoms with Crippen molar-refractivity contribution in [2.75, 3.05) is 30.4 Å². The van der Waals surface area contributed by atoms with Crippen molar-refractivity contribution < 1.29 is 0 Å². The van der Waals surface area contributed by atoms with E-state index in [0.717, 1.165) is 58.6 Å². The molecule has 1 aliphatic heterocycles. The number of benzene rings is 1. The number of nitrogens with two attached hydrogens (primary N) is 1. The first-order valence-corrected chi connectivity index (χ1v) is 10.2. The van der Waals surface area contributed by atoms with Gasteiger partial charge < -0.3 is 16.0 Å². The number of hydrogen-bond donors (Lipinski definition) is 2. The Morgan fingerprint density at radius 1 is 1.14 bits per heavy atom. The smallest absolute Gasteiger partial charge is 0.186 e. The Labute approximate surface area is 168 Å². The summed E-state index contributed by atoms with van der Waals surface area (Å²) in [5.74, 6) is 0.832. The molecule has 0 aliphatic carbocycles. The van der Waals surface area contributed by atoms with Gasteiger partial charge >= 0.3 is 0 Å². The molecule has 2 aromatic heterocycles. The number of piperidine rings is 1. The zero-order chi connectivity index (χ0) is 19.5. The molecule has 0 amide bonds. The van der Waals surface area contributed by atoms with E-state index in [2.05, 4.69) is 27.3 Å². The van der Waals surface area contributed by atoms with Crippen LogP contribution < -0.4 is 16.0 Å². The fourth-order valence-corrected chi connectivity index (χ4v) is 4.43. The van der Waals surface area contributed by atoms with Gasteiger partial charge in [0.05, 0.1) is 22.2 Å². The number of thiazole rings is 1. The van der Waals surface area contributed by atoms with E-state index in [1.807, 2.05) is 43.6 Å². The Hall–Kier alpha value is -2.95. The highest BCUT2D eigenvalue weighted by Crippen LogP contribution is 2.41. The van der Waals surface area contributed by atoms with Crippen molar-refractivity contribution in [1.82, 2.24) is 9.97 Å². The highest BCUT2D eigenvalue weighted by Gasteiger charge is 2.22. The van der Waals surface area contributed by atoms with E-state index in [1.54, 1.807) is 11.3 Å². The Bertz CT molecular complexity index is 979. The molecule has 4 rings (SSSR count). The van der Waals surface area contributed by atoms with E-state index in [9.17, 15) is 0 Å². The summed E-state index contributed by atoms with van der Waals surface area (Å²) in [6, 6.07) is 14.1. The molecule has 0 spiro atoms. The average Bonchev–Trinajstić information content (AvgIpc) is 3.20. The monoisotopic (exact) mass is 390 g/mol. The van der Waals surface area contributed by atoms with Gasteiger partial charge in [0.2, 0.25) is 0 Å². The minimum atomic E-state index is 0.284. The van der Waals surface area contributed by atoms with E-state index in [1.165, 1.54) is 0 Å². The van der Waals surface area contributed by atoms with Crippen LogP contribution in [-0.2, 0) is 0 Å². The van der Waals surface area contributed by atoms with Crippen molar-refractivity contribution in [2.45, 2.75) is 18.9 Å². The third-order valence-corrected chi connectivity index (χ3v) is 6.16. The molecule has 1 aromatic carbocycles. The number of hydrogen-bond acceptors (Lipinski definition) is 7. The number of rotatable bonds is 4. The van der Waals surface area contributed by atoms with Crippen molar-refractivity contribution in [3.8, 4) is 27.8 Å². The summed E-state index contributed by atoms with van der Waals surface area (Å²) in [6.07, 6.45) is 3.85. The summed E-state index contributed by atoms with van der Waals surface area (Å²) >= 11 is 1.69. The second-order valence-corrected chi connectivity index (χ2v) is 7.85. The Balaban J connectivity index is 1.76. The van der Waals surface area contributed by atoms with E-state index in [-0.39, 0.29) is 6.04 Å². The molecule has 0 saturated carbocycles. The lowest BCUT2D eigenvalue weighted by Gasteiger charge is -2.29. The second kappa shape index (κ2) is 7.97. The van der Waals surface area contributed by atoms with Gasteiger partial charge in [-0.3, -0.25) is 0 Å². The van der Waals surface area contributed by atoms with Gasteiger partial charge in [-0.15, -0.1) is 0 Å². The minimum absolute atomic E-state index is 0.284. The van der Waals surface area contributed by atoms with E-state index < -0.39 is 0 Å². The highest BCUT2D eigenvalue weighted by molar-refractivity contribution is 7.19. The van der Waals surface area contributed by atoms with Crippen LogP contribution in [0.15, 0.2) is 42.6 Å². The molecule has 3 heterocycles. The van der Waals surface area contributed by atoms with Crippen molar-refractivity contribution >= 4 is 22.3 Å². The van der Waals surface area contributed by atoms with Gasteiger partial charge in [-0.2, -0.15) is 5.26 Å². The summed E-state index contributed by atoms with van der Waals surface area (Å²) in [5, 5.41) is 13.1. The summed E-state index contributed by atoms with van der Waals surface area (Å²) in [5.41, 5.74) is 9.68. The van der Waals surface area contributed by atoms with Crippen LogP contribution in [0.25, 0.3) is 21.7 Å². The number of nitrogens with zero attached hydrogens (tertiary/aromatic N) is 4. The molecule has 1 saturated heterocycles. The van der Waals surface area contributed by atoms with Gasteiger partial charge in [-0.25, -0.2) is 9.97 Å². The first kappa shape index (κ1) is 18.4. The van der Waals surface area contributed by atoms with Crippen LogP contribution in [0.1, 0.15) is 18.4 Å². The maximum Gasteiger partial charge on any atom is 0.186 e. The van der Waals surface area contributed by atoms with Crippen LogP contribution in [0, 0.1) is 11.3 Å². The lowest BCUT2D eigenvalue weighted by Crippen LogP contribution is -2.39. The van der Waals surface area contributed by atoms with Crippen molar-refractivity contribution in [1.29, 1.82) is 5.26 Å². The Kier molecular flexibility index (Phi) is 5.24. The average molecular weight is 391 g/mol. The van der Waals surface area contributed by atoms with Crippen LogP contribution in [0.5, 0.6) is 0 Å². The van der Waals surface area contributed by atoms with E-state index >= 15 is 0 Å². The Morgan fingerprint density at radius 2 is 1.86 bits per heavy atom. The molecule has 1 aliphatic rings. The standard InChI is InChI=1S/C21H22N6S/c1-24-18-7-6-16(13-25-18)20-19(15-4-2-14(12-22)3-5-15)26-21(28-20)27-10-8-17(23)9-11-27/h2-7,13,17H,8-11,23H2,1H3,(H,24,25). The van der Waals surface area contributed by atoms with Gasteiger partial charge in [-0.1, -0.05) is 23.5 Å². The lowest BCUT2D eigenvalue weighted by atomic mass is 10.1. The molecule has 142 valence electrons. The molecule has 3 aromatic rings. The normalized spacial score (nSPS) is 14.7. The number of aromatic nitrogens is 2. The predicted molar refractivity (Wildman–Crippen MR) is 114 cm³/mol. The van der Waals surface area contributed by atoms with Crippen LogP contribution in [0.2, 0.25) is 0 Å². The van der Waals surface area contributed by atoms with Crippen LogP contribution in [-0.4, -0.2) is 36.1 Å². The maximum absolute atomic E-state index is 9.08. The van der Waals surface area contributed by atoms with Gasteiger partial charge in [0.15, 0.2) is 5.13 Å². The van der Waals surface area contributed by atoms with E-state index in [4.69, 9.17) is 16.0 Å². The fourth-order valence-electron chi connectivity index (χ4n) is 3.30. The van der Waals surface area contributed by atoms with Crippen LogP contribution in [0.4, 0.5) is 10.9 Å². The topological polar surface area (TPSA) is 90.9 Å². The minimum Gasteiger partial charge on any atom is -0.373 e. The first-order valence-electron chi connectivity index (χ1n) is 9.34. The molecule has 0 radical (unpaired) electrons. The molecule has 6 nitrogen and oxygen atoms in total. The summed E-state index contributed by atoms with van der Waals surface area (Å²) in [6.45, 7) is 1.86. The number of pyridine rings is 1. The summed E-state index contributed by atoms with van der Waals surface area (Å²) in [4.78, 5) is 12.9. The molecular weight excluding hydrogens is 368 g/mol. The molecular formula is C21H22N6S. The van der Waals surface area contributed by atoms with Gasteiger partial charge in [0.25, 0.3) is 0 Å². The van der Waals surface area contributed by atoms with Crippen molar-refractivity contribution in [3.05, 3.63) is 48.2 Å². The highest BCUT2D eigenvalue weighted by atomic mass is 32.1. The SMILES string of the molecule is CNc1ccc(-c2sc(N3CCC(N)CC3)nc2-c2ccc(C#N)cc2)cn1. The number of nitriles is 1. The van der Waals surface area contributed by atoms with Crippen LogP contribution >= 0.6 is 11.3 Å².